The monoisotopic (exact) mass is 370 g/mol. The fourth-order valence-electron chi connectivity index (χ4n) is 2.34. The Balaban J connectivity index is 1.64. The molecule has 26 heavy (non-hydrogen) atoms. The first-order valence-electron chi connectivity index (χ1n) is 7.95. The number of carbonyl (C=O) groups excluding carboxylic acids is 2. The Bertz CT molecular complexity index is 885. The summed E-state index contributed by atoms with van der Waals surface area (Å²) in [6.07, 6.45) is 2.77. The highest BCUT2D eigenvalue weighted by Crippen LogP contribution is 2.23. The first-order valence-corrected chi connectivity index (χ1v) is 8.83. The second kappa shape index (κ2) is 7.88. The minimum atomic E-state index is -0.927. The maximum Gasteiger partial charge on any atom is 0.351 e. The number of anilines is 1. The van der Waals surface area contributed by atoms with Crippen LogP contribution < -0.4 is 10.1 Å². The molecule has 2 aromatic heterocycles. The van der Waals surface area contributed by atoms with Crippen molar-refractivity contribution in [2.24, 2.45) is 0 Å². The lowest BCUT2D eigenvalue weighted by Crippen LogP contribution is -2.30. The van der Waals surface area contributed by atoms with E-state index in [9.17, 15) is 9.59 Å². The van der Waals surface area contributed by atoms with Gasteiger partial charge < -0.3 is 19.4 Å². The van der Waals surface area contributed by atoms with Crippen molar-refractivity contribution in [3.05, 3.63) is 65.1 Å². The van der Waals surface area contributed by atoms with E-state index in [1.807, 2.05) is 40.5 Å². The van der Waals surface area contributed by atoms with Gasteiger partial charge in [-0.3, -0.25) is 4.79 Å². The molecule has 0 saturated heterocycles. The van der Waals surface area contributed by atoms with Crippen LogP contribution in [0.15, 0.2) is 60.2 Å². The normalized spacial score (nSPS) is 11.6. The Morgan fingerprint density at radius 3 is 2.46 bits per heavy atom. The van der Waals surface area contributed by atoms with E-state index in [1.54, 1.807) is 38.3 Å². The molecule has 2 heterocycles. The van der Waals surface area contributed by atoms with Gasteiger partial charge in [-0.25, -0.2) is 4.79 Å². The lowest BCUT2D eigenvalue weighted by molar-refractivity contribution is -0.123. The van der Waals surface area contributed by atoms with Crippen molar-refractivity contribution in [3.63, 3.8) is 0 Å². The van der Waals surface area contributed by atoms with E-state index in [0.717, 1.165) is 5.69 Å². The van der Waals surface area contributed by atoms with Crippen molar-refractivity contribution in [1.29, 1.82) is 0 Å². The summed E-state index contributed by atoms with van der Waals surface area (Å²) in [6, 6.07) is 12.5. The summed E-state index contributed by atoms with van der Waals surface area (Å²) in [4.78, 5) is 25.2. The number of ether oxygens (including phenoxy) is 2. The summed E-state index contributed by atoms with van der Waals surface area (Å²) in [6.45, 7) is 1.54. The van der Waals surface area contributed by atoms with Crippen LogP contribution in [0.2, 0.25) is 0 Å². The summed E-state index contributed by atoms with van der Waals surface area (Å²) >= 11 is 1.28. The van der Waals surface area contributed by atoms with Crippen LogP contribution in [0, 0.1) is 0 Å². The zero-order valence-corrected chi connectivity index (χ0v) is 15.2. The Kier molecular flexibility index (Phi) is 5.38. The molecule has 3 aromatic rings. The number of methoxy groups -OCH3 is 1. The van der Waals surface area contributed by atoms with Gasteiger partial charge in [0.2, 0.25) is 0 Å². The van der Waals surface area contributed by atoms with Gasteiger partial charge in [0.25, 0.3) is 5.91 Å². The highest BCUT2D eigenvalue weighted by atomic mass is 32.1. The van der Waals surface area contributed by atoms with Crippen LogP contribution >= 0.6 is 11.3 Å². The maximum atomic E-state index is 12.5. The van der Waals surface area contributed by atoms with Gasteiger partial charge in [0, 0.05) is 18.1 Å². The molecule has 134 valence electrons. The number of hydrogen-bond acceptors (Lipinski definition) is 5. The van der Waals surface area contributed by atoms with Crippen molar-refractivity contribution in [2.45, 2.75) is 13.0 Å². The summed E-state index contributed by atoms with van der Waals surface area (Å²) in [5.74, 6) is -0.235. The molecule has 0 fully saturated rings. The van der Waals surface area contributed by atoms with Crippen LogP contribution in [0.1, 0.15) is 16.6 Å². The first kappa shape index (κ1) is 17.8. The van der Waals surface area contributed by atoms with Gasteiger partial charge in [-0.2, -0.15) is 0 Å². The van der Waals surface area contributed by atoms with Crippen molar-refractivity contribution >= 4 is 28.9 Å². The van der Waals surface area contributed by atoms with Crippen molar-refractivity contribution in [3.8, 4) is 11.4 Å². The van der Waals surface area contributed by atoms with E-state index >= 15 is 0 Å². The number of thiophene rings is 1. The van der Waals surface area contributed by atoms with Crippen LogP contribution in [0.5, 0.6) is 5.75 Å². The summed E-state index contributed by atoms with van der Waals surface area (Å²) in [5, 5.41) is 4.53. The molecule has 1 amide bonds. The smallest absolute Gasteiger partial charge is 0.351 e. The Hall–Kier alpha value is -3.06. The minimum Gasteiger partial charge on any atom is -0.497 e. The highest BCUT2D eigenvalue weighted by Gasteiger charge is 2.22. The van der Waals surface area contributed by atoms with Crippen LogP contribution in [-0.4, -0.2) is 29.7 Å². The topological polar surface area (TPSA) is 69.6 Å². The maximum absolute atomic E-state index is 12.5. The average molecular weight is 370 g/mol. The minimum absolute atomic E-state index is 0.400. The number of hydrogen-bond donors (Lipinski definition) is 1. The second-order valence-electron chi connectivity index (χ2n) is 5.49. The van der Waals surface area contributed by atoms with Gasteiger partial charge in [-0.15, -0.1) is 11.3 Å². The van der Waals surface area contributed by atoms with Crippen molar-refractivity contribution in [1.82, 2.24) is 4.57 Å². The third-order valence-electron chi connectivity index (χ3n) is 3.72. The van der Waals surface area contributed by atoms with E-state index in [4.69, 9.17) is 9.47 Å². The number of aromatic nitrogens is 1. The van der Waals surface area contributed by atoms with Crippen LogP contribution in [-0.2, 0) is 9.53 Å². The number of esters is 1. The molecular weight excluding hydrogens is 352 g/mol. The summed E-state index contributed by atoms with van der Waals surface area (Å²) in [7, 11) is 1.57. The third kappa shape index (κ3) is 3.94. The number of nitrogens with one attached hydrogen (secondary N) is 1. The fourth-order valence-corrected chi connectivity index (χ4v) is 3.11. The Morgan fingerprint density at radius 2 is 1.81 bits per heavy atom. The van der Waals surface area contributed by atoms with Gasteiger partial charge in [0.05, 0.1) is 12.8 Å². The quantitative estimate of drug-likeness (QED) is 0.671. The molecule has 1 N–H and O–H groups in total. The molecule has 0 aliphatic rings. The molecular formula is C19H18N2O4S. The van der Waals surface area contributed by atoms with Gasteiger partial charge in [0.15, 0.2) is 6.10 Å². The SMILES string of the molecule is COc1ccc(NC(=O)C(C)OC(=O)c2sccc2-n2cccc2)cc1. The number of nitrogens with zero attached hydrogens (tertiary/aromatic N) is 1. The molecule has 0 saturated carbocycles. The Labute approximate surface area is 155 Å². The van der Waals surface area contributed by atoms with Gasteiger partial charge in [-0.05, 0) is 54.8 Å². The molecule has 1 unspecified atom stereocenters. The average Bonchev–Trinajstić information content (AvgIpc) is 3.33. The molecule has 1 atom stereocenters. The molecule has 0 aliphatic heterocycles. The third-order valence-corrected chi connectivity index (χ3v) is 4.61. The fraction of sp³-hybridized carbons (Fsp3) is 0.158. The van der Waals surface area contributed by atoms with Crippen molar-refractivity contribution < 1.29 is 19.1 Å². The van der Waals surface area contributed by atoms with E-state index in [2.05, 4.69) is 5.32 Å². The lowest BCUT2D eigenvalue weighted by atomic mass is 10.3. The summed E-state index contributed by atoms with van der Waals surface area (Å²) in [5.41, 5.74) is 1.33. The molecule has 7 heteroatoms. The number of amides is 1. The Morgan fingerprint density at radius 1 is 1.12 bits per heavy atom. The van der Waals surface area contributed by atoms with Crippen LogP contribution in [0.4, 0.5) is 5.69 Å². The molecule has 3 rings (SSSR count). The van der Waals surface area contributed by atoms with Gasteiger partial charge in [-0.1, -0.05) is 0 Å². The molecule has 0 aliphatic carbocycles. The summed E-state index contributed by atoms with van der Waals surface area (Å²) < 4.78 is 12.2. The van der Waals surface area contributed by atoms with Crippen LogP contribution in [0.25, 0.3) is 5.69 Å². The van der Waals surface area contributed by atoms with Crippen molar-refractivity contribution in [2.75, 3.05) is 12.4 Å². The van der Waals surface area contributed by atoms with Gasteiger partial charge in [0.1, 0.15) is 10.6 Å². The van der Waals surface area contributed by atoms with Crippen LogP contribution in [0.3, 0.4) is 0 Å². The predicted molar refractivity (Wildman–Crippen MR) is 100 cm³/mol. The zero-order chi connectivity index (χ0) is 18.5. The van der Waals surface area contributed by atoms with E-state index in [1.165, 1.54) is 11.3 Å². The molecule has 1 aromatic carbocycles. The standard InChI is InChI=1S/C19H18N2O4S/c1-13(18(22)20-14-5-7-15(24-2)8-6-14)25-19(23)17-16(9-12-26-17)21-10-3-4-11-21/h3-13H,1-2H3,(H,20,22). The molecule has 0 radical (unpaired) electrons. The van der Waals surface area contributed by atoms with E-state index < -0.39 is 18.0 Å². The van der Waals surface area contributed by atoms with Gasteiger partial charge >= 0.3 is 5.97 Å². The largest absolute Gasteiger partial charge is 0.497 e. The predicted octanol–water partition coefficient (Wildman–Crippen LogP) is 3.73. The zero-order valence-electron chi connectivity index (χ0n) is 14.3. The molecule has 0 spiro atoms. The molecule has 0 bridgehead atoms. The number of carbonyl (C=O) groups is 2. The van der Waals surface area contributed by atoms with E-state index in [0.29, 0.717) is 16.3 Å². The molecule has 6 nitrogen and oxygen atoms in total. The highest BCUT2D eigenvalue weighted by molar-refractivity contribution is 7.12. The second-order valence-corrected chi connectivity index (χ2v) is 6.41. The number of benzene rings is 1. The number of rotatable bonds is 6. The first-order chi connectivity index (χ1) is 12.6. The van der Waals surface area contributed by atoms with E-state index in [-0.39, 0.29) is 0 Å². The lowest BCUT2D eigenvalue weighted by Gasteiger charge is -2.14.